The predicted molar refractivity (Wildman–Crippen MR) is 67.1 cm³/mol. The maximum absolute atomic E-state index is 12.0. The van der Waals surface area contributed by atoms with E-state index < -0.39 is 0 Å². The minimum atomic E-state index is -0.0331. The highest BCUT2D eigenvalue weighted by molar-refractivity contribution is 5.89. The van der Waals surface area contributed by atoms with Crippen LogP contribution in [-0.2, 0) is 0 Å². The quantitative estimate of drug-likeness (QED) is 0.793. The molecule has 92 valence electrons. The first-order valence-electron chi connectivity index (χ1n) is 5.82. The Morgan fingerprint density at radius 1 is 1.35 bits per heavy atom. The van der Waals surface area contributed by atoms with Gasteiger partial charge in [-0.2, -0.15) is 0 Å². The van der Waals surface area contributed by atoms with Crippen LogP contribution >= 0.6 is 0 Å². The van der Waals surface area contributed by atoms with Crippen LogP contribution in [0.1, 0.15) is 5.56 Å². The molecule has 1 fully saturated rings. The Hall–Kier alpha value is -1.62. The van der Waals surface area contributed by atoms with E-state index in [1.165, 1.54) is 0 Å². The summed E-state index contributed by atoms with van der Waals surface area (Å²) in [6, 6.07) is 1.86. The molecule has 0 spiro atoms. The van der Waals surface area contributed by atoms with Gasteiger partial charge >= 0.3 is 6.03 Å². The van der Waals surface area contributed by atoms with Gasteiger partial charge in [0.25, 0.3) is 0 Å². The molecule has 0 saturated carbocycles. The summed E-state index contributed by atoms with van der Waals surface area (Å²) >= 11 is 0. The van der Waals surface area contributed by atoms with Gasteiger partial charge in [0, 0.05) is 32.4 Å². The average Bonchev–Trinajstić information content (AvgIpc) is 2.33. The van der Waals surface area contributed by atoms with Gasteiger partial charge in [0.2, 0.25) is 0 Å². The van der Waals surface area contributed by atoms with E-state index in [2.05, 4.69) is 22.2 Å². The zero-order valence-corrected chi connectivity index (χ0v) is 10.3. The lowest BCUT2D eigenvalue weighted by Crippen LogP contribution is -2.48. The van der Waals surface area contributed by atoms with Gasteiger partial charge in [-0.05, 0) is 25.6 Å². The Morgan fingerprint density at radius 3 is 2.71 bits per heavy atom. The van der Waals surface area contributed by atoms with Gasteiger partial charge in [-0.3, -0.25) is 4.98 Å². The third-order valence-corrected chi connectivity index (χ3v) is 3.07. The molecule has 1 aromatic rings. The molecule has 0 radical (unpaired) electrons. The van der Waals surface area contributed by atoms with Gasteiger partial charge < -0.3 is 15.1 Å². The Balaban J connectivity index is 1.95. The highest BCUT2D eigenvalue weighted by Gasteiger charge is 2.19. The summed E-state index contributed by atoms with van der Waals surface area (Å²) in [5.74, 6) is 0. The van der Waals surface area contributed by atoms with Gasteiger partial charge in [0.15, 0.2) is 0 Å². The molecule has 2 rings (SSSR count). The third-order valence-electron chi connectivity index (χ3n) is 3.07. The van der Waals surface area contributed by atoms with Crippen molar-refractivity contribution in [3.63, 3.8) is 0 Å². The summed E-state index contributed by atoms with van der Waals surface area (Å²) in [4.78, 5) is 20.1. The monoisotopic (exact) mass is 234 g/mol. The number of hydrogen-bond donors (Lipinski definition) is 1. The first kappa shape index (κ1) is 11.9. The lowest BCUT2D eigenvalue weighted by atomic mass is 10.2. The predicted octanol–water partition coefficient (Wildman–Crippen LogP) is 1.17. The second-order valence-corrected chi connectivity index (χ2v) is 4.41. The number of pyridine rings is 1. The van der Waals surface area contributed by atoms with Gasteiger partial charge in [-0.25, -0.2) is 4.79 Å². The summed E-state index contributed by atoms with van der Waals surface area (Å²) in [6.07, 6.45) is 3.41. The van der Waals surface area contributed by atoms with Crippen molar-refractivity contribution in [2.45, 2.75) is 6.92 Å². The zero-order valence-electron chi connectivity index (χ0n) is 10.3. The second kappa shape index (κ2) is 5.14. The molecule has 1 N–H and O–H groups in total. The van der Waals surface area contributed by atoms with Crippen LogP contribution in [0.25, 0.3) is 0 Å². The topological polar surface area (TPSA) is 48.5 Å². The normalized spacial score (nSPS) is 16.9. The van der Waals surface area contributed by atoms with E-state index in [0.29, 0.717) is 0 Å². The molecule has 5 nitrogen and oxygen atoms in total. The van der Waals surface area contributed by atoms with Crippen molar-refractivity contribution in [2.24, 2.45) is 0 Å². The van der Waals surface area contributed by atoms with Crippen LogP contribution in [0, 0.1) is 6.92 Å². The standard InChI is InChI=1S/C12H18N4O/c1-10-3-4-13-9-11(10)14-12(17)16-7-5-15(2)6-8-16/h3-4,9H,5-8H2,1-2H3,(H,14,17). The molecule has 5 heteroatoms. The smallest absolute Gasteiger partial charge is 0.321 e. The number of aryl methyl sites for hydroxylation is 1. The van der Waals surface area contributed by atoms with E-state index in [9.17, 15) is 4.79 Å². The highest BCUT2D eigenvalue weighted by atomic mass is 16.2. The largest absolute Gasteiger partial charge is 0.322 e. The van der Waals surface area contributed by atoms with E-state index in [-0.39, 0.29) is 6.03 Å². The third kappa shape index (κ3) is 2.94. The molecule has 1 aliphatic heterocycles. The van der Waals surface area contributed by atoms with Crippen molar-refractivity contribution >= 4 is 11.7 Å². The number of urea groups is 1. The summed E-state index contributed by atoms with van der Waals surface area (Å²) in [5.41, 5.74) is 1.82. The molecule has 0 aromatic carbocycles. The lowest BCUT2D eigenvalue weighted by Gasteiger charge is -2.32. The van der Waals surface area contributed by atoms with Crippen molar-refractivity contribution in [1.29, 1.82) is 0 Å². The maximum Gasteiger partial charge on any atom is 0.321 e. The van der Waals surface area contributed by atoms with Crippen molar-refractivity contribution in [3.8, 4) is 0 Å². The van der Waals surface area contributed by atoms with E-state index in [4.69, 9.17) is 0 Å². The van der Waals surface area contributed by atoms with E-state index in [1.807, 2.05) is 17.9 Å². The lowest BCUT2D eigenvalue weighted by molar-refractivity contribution is 0.164. The summed E-state index contributed by atoms with van der Waals surface area (Å²) in [7, 11) is 2.07. The van der Waals surface area contributed by atoms with Crippen LogP contribution in [0.4, 0.5) is 10.5 Å². The van der Waals surface area contributed by atoms with E-state index in [0.717, 1.165) is 37.4 Å². The van der Waals surface area contributed by atoms with Crippen LogP contribution in [0.3, 0.4) is 0 Å². The van der Waals surface area contributed by atoms with Gasteiger partial charge in [0.05, 0.1) is 11.9 Å². The number of anilines is 1. The van der Waals surface area contributed by atoms with E-state index in [1.54, 1.807) is 12.4 Å². The fourth-order valence-corrected chi connectivity index (χ4v) is 1.80. The van der Waals surface area contributed by atoms with Crippen molar-refractivity contribution in [1.82, 2.24) is 14.8 Å². The summed E-state index contributed by atoms with van der Waals surface area (Å²) in [5, 5.41) is 2.90. The summed E-state index contributed by atoms with van der Waals surface area (Å²) < 4.78 is 0. The van der Waals surface area contributed by atoms with Gasteiger partial charge in [0.1, 0.15) is 0 Å². The van der Waals surface area contributed by atoms with Crippen molar-refractivity contribution in [3.05, 3.63) is 24.0 Å². The molecule has 2 amide bonds. The number of aromatic nitrogens is 1. The van der Waals surface area contributed by atoms with E-state index >= 15 is 0 Å². The SMILES string of the molecule is Cc1ccncc1NC(=O)N1CCN(C)CC1. The van der Waals surface area contributed by atoms with Gasteiger partial charge in [-0.15, -0.1) is 0 Å². The van der Waals surface area contributed by atoms with Crippen LogP contribution < -0.4 is 5.32 Å². The zero-order chi connectivity index (χ0) is 12.3. The molecule has 0 unspecified atom stereocenters. The Kier molecular flexibility index (Phi) is 3.58. The second-order valence-electron chi connectivity index (χ2n) is 4.41. The van der Waals surface area contributed by atoms with Crippen molar-refractivity contribution < 1.29 is 4.79 Å². The van der Waals surface area contributed by atoms with Crippen LogP contribution in [0.15, 0.2) is 18.5 Å². The highest BCUT2D eigenvalue weighted by Crippen LogP contribution is 2.12. The first-order valence-corrected chi connectivity index (χ1v) is 5.82. The number of likely N-dealkylation sites (N-methyl/N-ethyl adjacent to an activating group) is 1. The Bertz CT molecular complexity index is 399. The Labute approximate surface area is 101 Å². The molecule has 0 bridgehead atoms. The average molecular weight is 234 g/mol. The number of rotatable bonds is 1. The van der Waals surface area contributed by atoms with Crippen LogP contribution in [0.2, 0.25) is 0 Å². The fraction of sp³-hybridized carbons (Fsp3) is 0.500. The van der Waals surface area contributed by atoms with Crippen LogP contribution in [0.5, 0.6) is 0 Å². The van der Waals surface area contributed by atoms with Crippen molar-refractivity contribution in [2.75, 3.05) is 38.5 Å². The summed E-state index contributed by atoms with van der Waals surface area (Å²) in [6.45, 7) is 5.38. The maximum atomic E-state index is 12.0. The molecule has 0 atom stereocenters. The minimum Gasteiger partial charge on any atom is -0.322 e. The molecular formula is C12H18N4O. The van der Waals surface area contributed by atoms with Crippen LogP contribution in [-0.4, -0.2) is 54.0 Å². The molecule has 1 aliphatic rings. The Morgan fingerprint density at radius 2 is 2.06 bits per heavy atom. The number of carbonyl (C=O) groups is 1. The number of nitrogens with zero attached hydrogens (tertiary/aromatic N) is 3. The number of amides is 2. The number of nitrogens with one attached hydrogen (secondary N) is 1. The number of piperazine rings is 1. The van der Waals surface area contributed by atoms with Gasteiger partial charge in [-0.1, -0.05) is 0 Å². The molecular weight excluding hydrogens is 216 g/mol. The molecule has 0 aliphatic carbocycles. The first-order chi connectivity index (χ1) is 8.16. The number of carbonyl (C=O) groups excluding carboxylic acids is 1. The number of hydrogen-bond acceptors (Lipinski definition) is 3. The minimum absolute atomic E-state index is 0.0331. The molecule has 17 heavy (non-hydrogen) atoms. The molecule has 1 saturated heterocycles. The fourth-order valence-electron chi connectivity index (χ4n) is 1.80. The molecule has 1 aromatic heterocycles. The molecule has 2 heterocycles.